The normalized spacial score (nSPS) is 16.1. The molecule has 0 radical (unpaired) electrons. The summed E-state index contributed by atoms with van der Waals surface area (Å²) in [4.78, 5) is 12.2. The first-order chi connectivity index (χ1) is 10.7. The summed E-state index contributed by atoms with van der Waals surface area (Å²) < 4.78 is 2.24. The first kappa shape index (κ1) is 15.1. The average Bonchev–Trinajstić information content (AvgIpc) is 2.81. The lowest BCUT2D eigenvalue weighted by atomic mass is 9.88. The van der Waals surface area contributed by atoms with E-state index >= 15 is 0 Å². The third-order valence-corrected chi connectivity index (χ3v) is 5.18. The predicted octanol–water partition coefficient (Wildman–Crippen LogP) is 3.73. The third kappa shape index (κ3) is 2.90. The van der Waals surface area contributed by atoms with E-state index in [2.05, 4.69) is 48.1 Å². The summed E-state index contributed by atoms with van der Waals surface area (Å²) >= 11 is 0. The van der Waals surface area contributed by atoms with Crippen LogP contribution in [0, 0.1) is 12.8 Å². The molecule has 1 N–H and O–H groups in total. The van der Waals surface area contributed by atoms with Gasteiger partial charge < -0.3 is 9.88 Å². The summed E-state index contributed by atoms with van der Waals surface area (Å²) in [5.74, 6) is 0.514. The van der Waals surface area contributed by atoms with Gasteiger partial charge in [0, 0.05) is 36.1 Å². The number of fused-ring (bicyclic) bond motifs is 1. The summed E-state index contributed by atoms with van der Waals surface area (Å²) in [7, 11) is 2.11. The SMILES string of the molecule is Cc1c(CCNC(=O)C2CCCCC2)c2ccccc2n1C. The summed E-state index contributed by atoms with van der Waals surface area (Å²) in [6, 6.07) is 8.51. The van der Waals surface area contributed by atoms with Gasteiger partial charge in [-0.1, -0.05) is 37.5 Å². The second-order valence-corrected chi connectivity index (χ2v) is 6.52. The molecule has 1 fully saturated rings. The topological polar surface area (TPSA) is 34.0 Å². The van der Waals surface area contributed by atoms with Gasteiger partial charge >= 0.3 is 0 Å². The molecule has 1 heterocycles. The van der Waals surface area contributed by atoms with Crippen molar-refractivity contribution in [3.8, 4) is 0 Å². The van der Waals surface area contributed by atoms with E-state index < -0.39 is 0 Å². The zero-order valence-corrected chi connectivity index (χ0v) is 13.7. The van der Waals surface area contributed by atoms with Gasteiger partial charge in [-0.2, -0.15) is 0 Å². The number of amides is 1. The molecule has 0 unspecified atom stereocenters. The molecule has 1 aliphatic carbocycles. The molecule has 0 atom stereocenters. The van der Waals surface area contributed by atoms with Crippen LogP contribution in [0.25, 0.3) is 10.9 Å². The van der Waals surface area contributed by atoms with E-state index in [-0.39, 0.29) is 11.8 Å². The van der Waals surface area contributed by atoms with Crippen molar-refractivity contribution in [3.63, 3.8) is 0 Å². The van der Waals surface area contributed by atoms with Gasteiger partial charge in [0.2, 0.25) is 5.91 Å². The van der Waals surface area contributed by atoms with Crippen LogP contribution in [0.1, 0.15) is 43.4 Å². The molecule has 2 aromatic rings. The van der Waals surface area contributed by atoms with Gasteiger partial charge in [-0.3, -0.25) is 4.79 Å². The van der Waals surface area contributed by atoms with Gasteiger partial charge in [0.25, 0.3) is 0 Å². The van der Waals surface area contributed by atoms with Crippen molar-refractivity contribution in [1.82, 2.24) is 9.88 Å². The monoisotopic (exact) mass is 298 g/mol. The van der Waals surface area contributed by atoms with Gasteiger partial charge in [-0.15, -0.1) is 0 Å². The van der Waals surface area contributed by atoms with Crippen molar-refractivity contribution < 1.29 is 4.79 Å². The van der Waals surface area contributed by atoms with Gasteiger partial charge in [0.05, 0.1) is 0 Å². The van der Waals surface area contributed by atoms with E-state index in [9.17, 15) is 4.79 Å². The molecule has 1 amide bonds. The summed E-state index contributed by atoms with van der Waals surface area (Å²) in [6.07, 6.45) is 6.75. The molecular weight excluding hydrogens is 272 g/mol. The summed E-state index contributed by atoms with van der Waals surface area (Å²) in [5.41, 5.74) is 3.93. The number of nitrogens with zero attached hydrogens (tertiary/aromatic N) is 1. The molecule has 0 bridgehead atoms. The summed E-state index contributed by atoms with van der Waals surface area (Å²) in [5, 5.41) is 4.47. The minimum atomic E-state index is 0.252. The van der Waals surface area contributed by atoms with Crippen molar-refractivity contribution in [2.24, 2.45) is 13.0 Å². The number of hydrogen-bond acceptors (Lipinski definition) is 1. The number of aryl methyl sites for hydroxylation is 1. The van der Waals surface area contributed by atoms with Crippen molar-refractivity contribution >= 4 is 16.8 Å². The number of para-hydroxylation sites is 1. The highest BCUT2D eigenvalue weighted by atomic mass is 16.1. The van der Waals surface area contributed by atoms with Crippen molar-refractivity contribution in [2.45, 2.75) is 45.4 Å². The van der Waals surface area contributed by atoms with E-state index in [4.69, 9.17) is 0 Å². The van der Waals surface area contributed by atoms with Crippen molar-refractivity contribution in [2.75, 3.05) is 6.54 Å². The Hall–Kier alpha value is -1.77. The molecule has 1 aromatic heterocycles. The Morgan fingerprint density at radius 2 is 1.95 bits per heavy atom. The number of carbonyl (C=O) groups is 1. The summed E-state index contributed by atoms with van der Waals surface area (Å²) in [6.45, 7) is 2.91. The lowest BCUT2D eigenvalue weighted by Crippen LogP contribution is -2.33. The lowest BCUT2D eigenvalue weighted by Gasteiger charge is -2.20. The standard InChI is InChI=1S/C19H26N2O/c1-14-16(17-10-6-7-11-18(17)21(14)2)12-13-20-19(22)15-8-4-3-5-9-15/h6-7,10-11,15H,3-5,8-9,12-13H2,1-2H3,(H,20,22). The van der Waals surface area contributed by atoms with Crippen LogP contribution in [-0.4, -0.2) is 17.0 Å². The predicted molar refractivity (Wildman–Crippen MR) is 90.9 cm³/mol. The number of carbonyl (C=O) groups excluding carboxylic acids is 1. The Morgan fingerprint density at radius 1 is 1.23 bits per heavy atom. The van der Waals surface area contributed by atoms with Crippen LogP contribution in [0.4, 0.5) is 0 Å². The largest absolute Gasteiger partial charge is 0.356 e. The number of benzene rings is 1. The molecule has 0 spiro atoms. The average molecular weight is 298 g/mol. The number of aromatic nitrogens is 1. The molecule has 118 valence electrons. The molecule has 1 aromatic carbocycles. The minimum Gasteiger partial charge on any atom is -0.356 e. The number of rotatable bonds is 4. The first-order valence-corrected chi connectivity index (χ1v) is 8.49. The van der Waals surface area contributed by atoms with Crippen LogP contribution in [0.5, 0.6) is 0 Å². The van der Waals surface area contributed by atoms with Gasteiger partial charge in [-0.25, -0.2) is 0 Å². The molecule has 3 rings (SSSR count). The highest BCUT2D eigenvalue weighted by Crippen LogP contribution is 2.25. The fourth-order valence-corrected chi connectivity index (χ4v) is 3.73. The molecule has 1 saturated carbocycles. The van der Waals surface area contributed by atoms with E-state index in [0.717, 1.165) is 25.8 Å². The molecule has 1 aliphatic rings. The van der Waals surface area contributed by atoms with Gasteiger partial charge in [-0.05, 0) is 37.8 Å². The molecule has 0 saturated heterocycles. The van der Waals surface area contributed by atoms with Crippen molar-refractivity contribution in [3.05, 3.63) is 35.5 Å². The maximum absolute atomic E-state index is 12.2. The van der Waals surface area contributed by atoms with Crippen LogP contribution in [-0.2, 0) is 18.3 Å². The maximum atomic E-state index is 12.2. The second-order valence-electron chi connectivity index (χ2n) is 6.52. The zero-order chi connectivity index (χ0) is 15.5. The van der Waals surface area contributed by atoms with E-state index in [0.29, 0.717) is 0 Å². The molecule has 22 heavy (non-hydrogen) atoms. The fourth-order valence-electron chi connectivity index (χ4n) is 3.73. The van der Waals surface area contributed by atoms with Crippen LogP contribution in [0.3, 0.4) is 0 Å². The fraction of sp³-hybridized carbons (Fsp3) is 0.526. The molecular formula is C19H26N2O. The second kappa shape index (κ2) is 6.55. The number of nitrogens with one attached hydrogen (secondary N) is 1. The zero-order valence-electron chi connectivity index (χ0n) is 13.7. The third-order valence-electron chi connectivity index (χ3n) is 5.18. The Morgan fingerprint density at radius 3 is 2.73 bits per heavy atom. The Labute approximate surface area is 132 Å². The lowest BCUT2D eigenvalue weighted by molar-refractivity contribution is -0.125. The maximum Gasteiger partial charge on any atom is 0.223 e. The van der Waals surface area contributed by atoms with Crippen LogP contribution < -0.4 is 5.32 Å². The van der Waals surface area contributed by atoms with E-state index in [1.807, 2.05) is 0 Å². The van der Waals surface area contributed by atoms with Gasteiger partial charge in [0.15, 0.2) is 0 Å². The van der Waals surface area contributed by atoms with Crippen LogP contribution in [0.2, 0.25) is 0 Å². The highest BCUT2D eigenvalue weighted by molar-refractivity contribution is 5.85. The van der Waals surface area contributed by atoms with Crippen LogP contribution >= 0.6 is 0 Å². The number of hydrogen-bond donors (Lipinski definition) is 1. The Bertz CT molecular complexity index is 665. The van der Waals surface area contributed by atoms with Crippen molar-refractivity contribution in [1.29, 1.82) is 0 Å². The molecule has 0 aliphatic heterocycles. The Kier molecular flexibility index (Phi) is 4.51. The smallest absolute Gasteiger partial charge is 0.223 e. The first-order valence-electron chi connectivity index (χ1n) is 8.49. The minimum absolute atomic E-state index is 0.252. The van der Waals surface area contributed by atoms with E-state index in [1.165, 1.54) is 41.4 Å². The molecule has 3 heteroatoms. The highest BCUT2D eigenvalue weighted by Gasteiger charge is 2.20. The van der Waals surface area contributed by atoms with Gasteiger partial charge in [0.1, 0.15) is 0 Å². The van der Waals surface area contributed by atoms with Crippen LogP contribution in [0.15, 0.2) is 24.3 Å². The van der Waals surface area contributed by atoms with E-state index in [1.54, 1.807) is 0 Å². The quantitative estimate of drug-likeness (QED) is 0.917. The molecule has 3 nitrogen and oxygen atoms in total. The Balaban J connectivity index is 1.64.